The average Bonchev–Trinajstić information content (AvgIpc) is 3.16. The molecule has 0 saturated heterocycles. The number of benzene rings is 1. The molecule has 23 heavy (non-hydrogen) atoms. The number of hydrogen-bond acceptors (Lipinski definition) is 4. The van der Waals surface area contributed by atoms with Crippen LogP contribution in [0.3, 0.4) is 0 Å². The molecule has 1 aromatic carbocycles. The highest BCUT2D eigenvalue weighted by Crippen LogP contribution is 2.35. The number of nitrogen functional groups attached to an aromatic ring is 2. The first-order chi connectivity index (χ1) is 11.2. The van der Waals surface area contributed by atoms with Crippen molar-refractivity contribution in [3.05, 3.63) is 47.9 Å². The van der Waals surface area contributed by atoms with Gasteiger partial charge in [-0.15, -0.1) is 0 Å². The van der Waals surface area contributed by atoms with E-state index in [1.165, 1.54) is 36.8 Å². The number of rotatable bonds is 3. The first kappa shape index (κ1) is 14.1. The number of anilines is 2. The molecule has 0 aliphatic heterocycles. The quantitative estimate of drug-likeness (QED) is 0.727. The molecule has 1 aliphatic rings. The first-order valence-corrected chi connectivity index (χ1v) is 8.16. The maximum absolute atomic E-state index is 6.16. The maximum Gasteiger partial charge on any atom is 0.146 e. The van der Waals surface area contributed by atoms with E-state index in [-0.39, 0.29) is 0 Å². The van der Waals surface area contributed by atoms with E-state index in [2.05, 4.69) is 26.8 Å². The Morgan fingerprint density at radius 1 is 1.13 bits per heavy atom. The van der Waals surface area contributed by atoms with Gasteiger partial charge in [-0.2, -0.15) is 0 Å². The molecule has 118 valence electrons. The van der Waals surface area contributed by atoms with Crippen molar-refractivity contribution in [1.82, 2.24) is 14.5 Å². The fourth-order valence-electron chi connectivity index (χ4n) is 3.70. The molecule has 1 saturated carbocycles. The summed E-state index contributed by atoms with van der Waals surface area (Å²) in [5.41, 5.74) is 16.2. The monoisotopic (exact) mass is 307 g/mol. The van der Waals surface area contributed by atoms with Crippen LogP contribution in [0, 0.1) is 0 Å². The zero-order chi connectivity index (χ0) is 15.8. The van der Waals surface area contributed by atoms with E-state index < -0.39 is 0 Å². The van der Waals surface area contributed by atoms with Crippen molar-refractivity contribution >= 4 is 22.5 Å². The third-order valence-electron chi connectivity index (χ3n) is 4.78. The lowest BCUT2D eigenvalue weighted by Crippen LogP contribution is -2.04. The van der Waals surface area contributed by atoms with Crippen molar-refractivity contribution in [3.63, 3.8) is 0 Å². The van der Waals surface area contributed by atoms with Crippen LogP contribution in [0.1, 0.15) is 42.9 Å². The second-order valence-corrected chi connectivity index (χ2v) is 6.38. The fourth-order valence-corrected chi connectivity index (χ4v) is 3.70. The Labute approximate surface area is 135 Å². The van der Waals surface area contributed by atoms with Crippen LogP contribution < -0.4 is 11.5 Å². The van der Waals surface area contributed by atoms with Crippen molar-refractivity contribution in [2.45, 2.75) is 38.1 Å². The van der Waals surface area contributed by atoms with Gasteiger partial charge in [0.05, 0.1) is 5.39 Å². The van der Waals surface area contributed by atoms with Crippen LogP contribution in [0.25, 0.3) is 11.0 Å². The van der Waals surface area contributed by atoms with Gasteiger partial charge in [-0.25, -0.2) is 9.97 Å². The molecule has 1 aliphatic carbocycles. The predicted molar refractivity (Wildman–Crippen MR) is 93.1 cm³/mol. The number of aromatic nitrogens is 3. The molecule has 0 atom stereocenters. The average molecular weight is 307 g/mol. The van der Waals surface area contributed by atoms with E-state index >= 15 is 0 Å². The van der Waals surface area contributed by atoms with Crippen molar-refractivity contribution in [2.75, 3.05) is 11.5 Å². The maximum atomic E-state index is 6.16. The minimum atomic E-state index is 0.529. The molecule has 0 unspecified atom stereocenters. The van der Waals surface area contributed by atoms with Gasteiger partial charge < -0.3 is 16.0 Å². The van der Waals surface area contributed by atoms with E-state index in [0.29, 0.717) is 11.9 Å². The highest BCUT2D eigenvalue weighted by molar-refractivity contribution is 5.90. The minimum Gasteiger partial charge on any atom is -0.399 e. The van der Waals surface area contributed by atoms with E-state index in [1.807, 2.05) is 18.2 Å². The summed E-state index contributed by atoms with van der Waals surface area (Å²) in [4.78, 5) is 8.71. The van der Waals surface area contributed by atoms with Crippen molar-refractivity contribution in [3.8, 4) is 0 Å². The number of nitrogens with zero attached hydrogens (tertiary/aromatic N) is 3. The Bertz CT molecular complexity index is 846. The molecule has 4 rings (SSSR count). The molecule has 0 amide bonds. The van der Waals surface area contributed by atoms with Crippen LogP contribution in [-0.2, 0) is 6.42 Å². The zero-order valence-corrected chi connectivity index (χ0v) is 13.1. The van der Waals surface area contributed by atoms with Gasteiger partial charge in [-0.05, 0) is 42.5 Å². The van der Waals surface area contributed by atoms with E-state index in [1.54, 1.807) is 6.33 Å². The summed E-state index contributed by atoms with van der Waals surface area (Å²) >= 11 is 0. The van der Waals surface area contributed by atoms with Crippen LogP contribution in [0.2, 0.25) is 0 Å². The Hall–Kier alpha value is -2.56. The first-order valence-electron chi connectivity index (χ1n) is 8.16. The molecule has 5 nitrogen and oxygen atoms in total. The van der Waals surface area contributed by atoms with Gasteiger partial charge >= 0.3 is 0 Å². The van der Waals surface area contributed by atoms with Gasteiger partial charge in [0.15, 0.2) is 0 Å². The number of hydrogen-bond donors (Lipinski definition) is 2. The normalized spacial score (nSPS) is 15.5. The van der Waals surface area contributed by atoms with Gasteiger partial charge in [0.25, 0.3) is 0 Å². The molecule has 1 fully saturated rings. The molecular weight excluding hydrogens is 286 g/mol. The standard InChI is InChI=1S/C18H21N5/c19-14-5-3-4-12(9-14)8-13-10-23(15-6-1-2-7-15)18-16(13)17(20)21-11-22-18/h3-5,9-11,15H,1-2,6-8,19H2,(H2,20,21,22). The molecule has 5 heteroatoms. The molecule has 3 aromatic rings. The molecule has 0 radical (unpaired) electrons. The molecule has 2 heterocycles. The lowest BCUT2D eigenvalue weighted by atomic mass is 10.0. The number of fused-ring (bicyclic) bond motifs is 1. The lowest BCUT2D eigenvalue weighted by Gasteiger charge is -2.12. The van der Waals surface area contributed by atoms with Crippen molar-refractivity contribution < 1.29 is 0 Å². The van der Waals surface area contributed by atoms with Crippen LogP contribution >= 0.6 is 0 Å². The molecule has 0 bridgehead atoms. The van der Waals surface area contributed by atoms with Gasteiger partial charge in [-0.3, -0.25) is 0 Å². The van der Waals surface area contributed by atoms with E-state index in [0.717, 1.165) is 23.1 Å². The SMILES string of the molecule is Nc1cccc(Cc2cn(C3CCCC3)c3ncnc(N)c23)c1. The van der Waals surface area contributed by atoms with Crippen molar-refractivity contribution in [2.24, 2.45) is 0 Å². The van der Waals surface area contributed by atoms with Crippen LogP contribution in [0.5, 0.6) is 0 Å². The number of nitrogens with two attached hydrogens (primary N) is 2. The van der Waals surface area contributed by atoms with Gasteiger partial charge in [0.2, 0.25) is 0 Å². The van der Waals surface area contributed by atoms with E-state index in [4.69, 9.17) is 11.5 Å². The van der Waals surface area contributed by atoms with Crippen molar-refractivity contribution in [1.29, 1.82) is 0 Å². The highest BCUT2D eigenvalue weighted by Gasteiger charge is 2.22. The molecule has 2 aromatic heterocycles. The fraction of sp³-hybridized carbons (Fsp3) is 0.333. The molecular formula is C18H21N5. The Morgan fingerprint density at radius 3 is 2.74 bits per heavy atom. The zero-order valence-electron chi connectivity index (χ0n) is 13.1. The second-order valence-electron chi connectivity index (χ2n) is 6.38. The van der Waals surface area contributed by atoms with E-state index in [9.17, 15) is 0 Å². The summed E-state index contributed by atoms with van der Waals surface area (Å²) < 4.78 is 2.31. The van der Waals surface area contributed by atoms with Gasteiger partial charge in [0.1, 0.15) is 17.8 Å². The van der Waals surface area contributed by atoms with Crippen LogP contribution in [-0.4, -0.2) is 14.5 Å². The van der Waals surface area contributed by atoms with Gasteiger partial charge in [0, 0.05) is 17.9 Å². The third kappa shape index (κ3) is 2.52. The molecule has 0 spiro atoms. The largest absolute Gasteiger partial charge is 0.399 e. The summed E-state index contributed by atoms with van der Waals surface area (Å²) in [6.07, 6.45) is 9.57. The second kappa shape index (κ2) is 5.57. The summed E-state index contributed by atoms with van der Waals surface area (Å²) in [5, 5.41) is 0.988. The Kier molecular flexibility index (Phi) is 3.41. The smallest absolute Gasteiger partial charge is 0.146 e. The summed E-state index contributed by atoms with van der Waals surface area (Å²) in [7, 11) is 0. The summed E-state index contributed by atoms with van der Waals surface area (Å²) in [5.74, 6) is 0.561. The minimum absolute atomic E-state index is 0.529. The summed E-state index contributed by atoms with van der Waals surface area (Å²) in [6.45, 7) is 0. The lowest BCUT2D eigenvalue weighted by molar-refractivity contribution is 0.531. The highest BCUT2D eigenvalue weighted by atomic mass is 15.1. The topological polar surface area (TPSA) is 82.8 Å². The Balaban J connectivity index is 1.82. The predicted octanol–water partition coefficient (Wildman–Crippen LogP) is 3.30. The van der Waals surface area contributed by atoms with Crippen LogP contribution in [0.15, 0.2) is 36.8 Å². The third-order valence-corrected chi connectivity index (χ3v) is 4.78. The molecule has 4 N–H and O–H groups in total. The van der Waals surface area contributed by atoms with Crippen LogP contribution in [0.4, 0.5) is 11.5 Å². The van der Waals surface area contributed by atoms with Gasteiger partial charge in [-0.1, -0.05) is 25.0 Å². The Morgan fingerprint density at radius 2 is 1.96 bits per heavy atom. The summed E-state index contributed by atoms with van der Waals surface area (Å²) in [6, 6.07) is 8.53.